The monoisotopic (exact) mass is 157 g/mol. The number of hydrogen-bond donors (Lipinski definition) is 1. The summed E-state index contributed by atoms with van der Waals surface area (Å²) < 4.78 is 0. The average molecular weight is 157 g/mol. The summed E-state index contributed by atoms with van der Waals surface area (Å²) >= 11 is 0. The zero-order chi connectivity index (χ0) is 8.27. The smallest absolute Gasteiger partial charge is 0.847 e. The van der Waals surface area contributed by atoms with E-state index in [-0.39, 0.29) is 24.9 Å². The van der Waals surface area contributed by atoms with Crippen molar-refractivity contribution in [2.45, 2.75) is 19.1 Å². The van der Waals surface area contributed by atoms with Crippen molar-refractivity contribution >= 4 is 0 Å². The quantitative estimate of drug-likeness (QED) is 0.480. The second-order valence-corrected chi connectivity index (χ2v) is 2.69. The van der Waals surface area contributed by atoms with Gasteiger partial charge in [-0.3, -0.25) is 0 Å². The van der Waals surface area contributed by atoms with E-state index < -0.39 is 6.10 Å². The van der Waals surface area contributed by atoms with Gasteiger partial charge in [-0.05, 0) is 6.04 Å². The Morgan fingerprint density at radius 2 is 1.75 bits per heavy atom. The van der Waals surface area contributed by atoms with Crippen LogP contribution in [-0.2, 0) is 0 Å². The standard InChI is InChI=1S/C9H12NO.Li/c1-7(10)9(11)8-5-3-2-4-6-8;/h2-7,9H,10H2,1H3;/q-1;+1/t7-,9-;/m0./s1. The molecular weight excluding hydrogens is 145 g/mol. The second-order valence-electron chi connectivity index (χ2n) is 2.69. The zero-order valence-corrected chi connectivity index (χ0v) is 7.53. The Morgan fingerprint density at radius 1 is 1.25 bits per heavy atom. The predicted molar refractivity (Wildman–Crippen MR) is 42.8 cm³/mol. The van der Waals surface area contributed by atoms with Crippen LogP contribution in [0.1, 0.15) is 18.6 Å². The van der Waals surface area contributed by atoms with Gasteiger partial charge in [-0.2, -0.15) is 0 Å². The molecule has 0 amide bonds. The molecule has 0 aliphatic rings. The second kappa shape index (κ2) is 5.39. The minimum Gasteiger partial charge on any atom is -0.847 e. The van der Waals surface area contributed by atoms with Crippen LogP contribution in [-0.4, -0.2) is 6.04 Å². The molecule has 0 saturated heterocycles. The fourth-order valence-electron chi connectivity index (χ4n) is 0.946. The van der Waals surface area contributed by atoms with Gasteiger partial charge in [0, 0.05) is 0 Å². The molecule has 1 aromatic carbocycles. The first-order valence-corrected chi connectivity index (χ1v) is 3.68. The van der Waals surface area contributed by atoms with Crippen LogP contribution < -0.4 is 29.7 Å². The summed E-state index contributed by atoms with van der Waals surface area (Å²) in [6.45, 7) is 1.73. The van der Waals surface area contributed by atoms with E-state index in [2.05, 4.69) is 0 Å². The molecule has 0 aliphatic heterocycles. The van der Waals surface area contributed by atoms with Crippen LogP contribution >= 0.6 is 0 Å². The molecule has 0 unspecified atom stereocenters. The van der Waals surface area contributed by atoms with Crippen LogP contribution in [0.15, 0.2) is 30.3 Å². The van der Waals surface area contributed by atoms with Gasteiger partial charge in [-0.1, -0.05) is 48.9 Å². The van der Waals surface area contributed by atoms with E-state index in [1.807, 2.05) is 18.2 Å². The molecule has 2 nitrogen and oxygen atoms in total. The first-order chi connectivity index (χ1) is 5.22. The third-order valence-electron chi connectivity index (χ3n) is 1.61. The molecule has 1 aromatic rings. The molecule has 0 aromatic heterocycles. The van der Waals surface area contributed by atoms with Crippen LogP contribution in [0, 0.1) is 0 Å². The van der Waals surface area contributed by atoms with Gasteiger partial charge in [0.2, 0.25) is 0 Å². The maximum atomic E-state index is 11.3. The van der Waals surface area contributed by atoms with Crippen molar-refractivity contribution < 1.29 is 24.0 Å². The van der Waals surface area contributed by atoms with Gasteiger partial charge in [0.05, 0.1) is 0 Å². The molecule has 2 atom stereocenters. The summed E-state index contributed by atoms with van der Waals surface area (Å²) in [5.74, 6) is 0. The molecule has 0 radical (unpaired) electrons. The van der Waals surface area contributed by atoms with Crippen molar-refractivity contribution in [3.63, 3.8) is 0 Å². The summed E-state index contributed by atoms with van der Waals surface area (Å²) in [5.41, 5.74) is 6.22. The van der Waals surface area contributed by atoms with Gasteiger partial charge < -0.3 is 10.8 Å². The number of nitrogens with two attached hydrogens (primary N) is 1. The molecule has 12 heavy (non-hydrogen) atoms. The summed E-state index contributed by atoms with van der Waals surface area (Å²) in [7, 11) is 0. The molecule has 0 spiro atoms. The Labute approximate surface area is 85.0 Å². The summed E-state index contributed by atoms with van der Waals surface area (Å²) in [5, 5.41) is 11.3. The topological polar surface area (TPSA) is 49.1 Å². The van der Waals surface area contributed by atoms with Crippen LogP contribution in [0.3, 0.4) is 0 Å². The van der Waals surface area contributed by atoms with E-state index in [0.717, 1.165) is 5.56 Å². The zero-order valence-electron chi connectivity index (χ0n) is 7.53. The van der Waals surface area contributed by atoms with Gasteiger partial charge in [-0.15, -0.1) is 0 Å². The van der Waals surface area contributed by atoms with E-state index in [4.69, 9.17) is 5.73 Å². The van der Waals surface area contributed by atoms with Crippen molar-refractivity contribution in [3.05, 3.63) is 35.9 Å². The Balaban J connectivity index is 0.00000121. The molecule has 0 fully saturated rings. The van der Waals surface area contributed by atoms with E-state index in [1.54, 1.807) is 19.1 Å². The minimum absolute atomic E-state index is 0. The fourth-order valence-corrected chi connectivity index (χ4v) is 0.946. The van der Waals surface area contributed by atoms with Gasteiger partial charge in [0.25, 0.3) is 0 Å². The van der Waals surface area contributed by atoms with Crippen LogP contribution in [0.25, 0.3) is 0 Å². The summed E-state index contributed by atoms with van der Waals surface area (Å²) in [6, 6.07) is 8.88. The molecule has 1 rings (SSSR count). The third-order valence-corrected chi connectivity index (χ3v) is 1.61. The maximum absolute atomic E-state index is 11.3. The Kier molecular flexibility index (Phi) is 5.28. The Hall–Kier alpha value is -0.263. The molecule has 3 heteroatoms. The summed E-state index contributed by atoms with van der Waals surface area (Å²) in [6.07, 6.45) is -0.795. The fraction of sp³-hybridized carbons (Fsp3) is 0.333. The minimum atomic E-state index is -0.795. The molecule has 2 N–H and O–H groups in total. The van der Waals surface area contributed by atoms with Crippen molar-refractivity contribution in [3.8, 4) is 0 Å². The van der Waals surface area contributed by atoms with Crippen LogP contribution in [0.4, 0.5) is 0 Å². The SMILES string of the molecule is C[C@H](N)[C@H]([O-])c1ccccc1.[Li+]. The maximum Gasteiger partial charge on any atom is 1.00 e. The van der Waals surface area contributed by atoms with Crippen molar-refractivity contribution in [2.75, 3.05) is 0 Å². The number of rotatable bonds is 2. The average Bonchev–Trinajstić information content (AvgIpc) is 2.05. The van der Waals surface area contributed by atoms with E-state index in [9.17, 15) is 5.11 Å². The van der Waals surface area contributed by atoms with Gasteiger partial charge >= 0.3 is 18.9 Å². The normalized spacial score (nSPS) is 14.6. The number of hydrogen-bond acceptors (Lipinski definition) is 2. The van der Waals surface area contributed by atoms with Gasteiger partial charge in [0.15, 0.2) is 0 Å². The first kappa shape index (κ1) is 11.7. The van der Waals surface area contributed by atoms with Gasteiger partial charge in [-0.25, -0.2) is 0 Å². The van der Waals surface area contributed by atoms with E-state index in [1.165, 1.54) is 0 Å². The van der Waals surface area contributed by atoms with Gasteiger partial charge in [0.1, 0.15) is 0 Å². The molecule has 0 heterocycles. The van der Waals surface area contributed by atoms with Crippen LogP contribution in [0.2, 0.25) is 0 Å². The largest absolute Gasteiger partial charge is 1.00 e. The molecule has 0 saturated carbocycles. The third kappa shape index (κ3) is 3.00. The van der Waals surface area contributed by atoms with Crippen molar-refractivity contribution in [1.29, 1.82) is 0 Å². The van der Waals surface area contributed by atoms with Crippen molar-refractivity contribution in [2.24, 2.45) is 5.73 Å². The molecule has 0 bridgehead atoms. The van der Waals surface area contributed by atoms with E-state index in [0.29, 0.717) is 0 Å². The Morgan fingerprint density at radius 3 is 2.17 bits per heavy atom. The van der Waals surface area contributed by atoms with E-state index >= 15 is 0 Å². The first-order valence-electron chi connectivity index (χ1n) is 3.68. The number of benzene rings is 1. The molecule has 0 aliphatic carbocycles. The van der Waals surface area contributed by atoms with Crippen LogP contribution in [0.5, 0.6) is 0 Å². The van der Waals surface area contributed by atoms with Crippen molar-refractivity contribution in [1.82, 2.24) is 0 Å². The Bertz CT molecular complexity index is 213. The predicted octanol–water partition coefficient (Wildman–Crippen LogP) is -2.56. The molecule has 60 valence electrons. The summed E-state index contributed by atoms with van der Waals surface area (Å²) in [4.78, 5) is 0. The molecular formula is C9H12LiNO.